The van der Waals surface area contributed by atoms with Crippen molar-refractivity contribution in [1.29, 1.82) is 5.26 Å². The predicted octanol–water partition coefficient (Wildman–Crippen LogP) is 6.04. The minimum Gasteiger partial charge on any atom is -0.494 e. The number of benzene rings is 4. The van der Waals surface area contributed by atoms with Gasteiger partial charge in [-0.05, 0) is 58.8 Å². The molecular weight excluding hydrogens is 632 g/mol. The first-order valence-electron chi connectivity index (χ1n) is 15.4. The Morgan fingerprint density at radius 3 is 2.52 bits per heavy atom. The molecule has 5 aromatic rings. The SMILES string of the molecule is COc1cccc(-c2cccc3c2CC[C@@H]3Oc2cc(OCc3cncc(C#N)c3)c(CNCc3ccc(B(O)O)cc3)cc2Cl)c1F. The summed E-state index contributed by atoms with van der Waals surface area (Å²) in [6, 6.07) is 25.4. The highest BCUT2D eigenvalue weighted by molar-refractivity contribution is 6.58. The van der Waals surface area contributed by atoms with Crippen LogP contribution in [0.25, 0.3) is 11.1 Å². The molecule has 3 N–H and O–H groups in total. The maximum atomic E-state index is 15.2. The van der Waals surface area contributed by atoms with Gasteiger partial charge in [0.1, 0.15) is 30.3 Å². The third kappa shape index (κ3) is 7.30. The number of rotatable bonds is 12. The average Bonchev–Trinajstić information content (AvgIpc) is 3.52. The second-order valence-corrected chi connectivity index (χ2v) is 11.8. The van der Waals surface area contributed by atoms with Crippen molar-refractivity contribution in [2.45, 2.75) is 38.6 Å². The molecule has 0 saturated heterocycles. The molecule has 1 atom stereocenters. The molecule has 1 aliphatic carbocycles. The quantitative estimate of drug-likeness (QED) is 0.139. The van der Waals surface area contributed by atoms with Gasteiger partial charge >= 0.3 is 7.12 Å². The second kappa shape index (κ2) is 14.9. The predicted molar refractivity (Wildman–Crippen MR) is 182 cm³/mol. The Bertz CT molecular complexity index is 1970. The molecule has 0 unspecified atom stereocenters. The molecule has 8 nitrogen and oxygen atoms in total. The minimum atomic E-state index is -1.52. The third-order valence-corrected chi connectivity index (χ3v) is 8.61. The van der Waals surface area contributed by atoms with Crippen molar-refractivity contribution in [2.75, 3.05) is 7.11 Å². The summed E-state index contributed by atoms with van der Waals surface area (Å²) in [7, 11) is -0.0657. The summed E-state index contributed by atoms with van der Waals surface area (Å²) in [5, 5.41) is 31.8. The Morgan fingerprint density at radius 1 is 0.958 bits per heavy atom. The van der Waals surface area contributed by atoms with E-state index in [1.165, 1.54) is 13.3 Å². The summed E-state index contributed by atoms with van der Waals surface area (Å²) in [5.74, 6) is 0.796. The molecular formula is C37H32BClFN3O5. The van der Waals surface area contributed by atoms with Crippen LogP contribution in [0.2, 0.25) is 5.02 Å². The van der Waals surface area contributed by atoms with Crippen molar-refractivity contribution >= 4 is 24.2 Å². The van der Waals surface area contributed by atoms with Gasteiger partial charge in [-0.2, -0.15) is 5.26 Å². The standard InChI is InChI=1S/C37H32BClFN3O5/c1-46-34-7-3-6-31(37(34)40)28-4-2-5-30-29(28)12-13-33(30)48-36-16-35(47-22-25-14-24(17-41)19-42-20-25)26(15-32(36)39)21-43-18-23-8-10-27(11-9-23)38(44)45/h2-11,14-16,19-20,33,43-45H,12-13,18,21-22H2,1H3/t33-/m0/s1. The van der Waals surface area contributed by atoms with Gasteiger partial charge in [0.2, 0.25) is 0 Å². The molecule has 0 saturated carbocycles. The minimum absolute atomic E-state index is 0.170. The van der Waals surface area contributed by atoms with E-state index < -0.39 is 12.9 Å². The van der Waals surface area contributed by atoms with Crippen molar-refractivity contribution in [3.05, 3.63) is 135 Å². The number of halogens is 2. The molecule has 48 heavy (non-hydrogen) atoms. The number of nitrogens with zero attached hydrogens (tertiary/aromatic N) is 2. The summed E-state index contributed by atoms with van der Waals surface area (Å²) in [5.41, 5.74) is 6.62. The highest BCUT2D eigenvalue weighted by Crippen LogP contribution is 2.44. The lowest BCUT2D eigenvalue weighted by atomic mass is 9.80. The first-order valence-corrected chi connectivity index (χ1v) is 15.8. The molecule has 11 heteroatoms. The summed E-state index contributed by atoms with van der Waals surface area (Å²) in [4.78, 5) is 4.13. The zero-order chi connectivity index (χ0) is 33.6. The lowest BCUT2D eigenvalue weighted by molar-refractivity contribution is 0.206. The van der Waals surface area contributed by atoms with Crippen molar-refractivity contribution in [2.24, 2.45) is 0 Å². The molecule has 1 heterocycles. The van der Waals surface area contributed by atoms with Gasteiger partial charge in [-0.25, -0.2) is 4.39 Å². The number of nitriles is 1. The lowest BCUT2D eigenvalue weighted by Crippen LogP contribution is -2.29. The van der Waals surface area contributed by atoms with Crippen LogP contribution in [0.4, 0.5) is 4.39 Å². The Hall–Kier alpha value is -4.92. The lowest BCUT2D eigenvalue weighted by Gasteiger charge is -2.20. The number of methoxy groups -OCH3 is 1. The van der Waals surface area contributed by atoms with Crippen LogP contribution in [0.1, 0.15) is 45.9 Å². The summed E-state index contributed by atoms with van der Waals surface area (Å²) in [6.07, 6.45) is 4.23. The number of hydrogen-bond acceptors (Lipinski definition) is 8. The fraction of sp³-hybridized carbons (Fsp3) is 0.189. The number of fused-ring (bicyclic) bond motifs is 1. The van der Waals surface area contributed by atoms with Gasteiger partial charge < -0.3 is 29.6 Å². The van der Waals surface area contributed by atoms with Gasteiger partial charge in [0.25, 0.3) is 0 Å². The van der Waals surface area contributed by atoms with Gasteiger partial charge in [0.15, 0.2) is 11.6 Å². The topological polar surface area (TPSA) is 117 Å². The third-order valence-electron chi connectivity index (χ3n) is 8.31. The van der Waals surface area contributed by atoms with Crippen LogP contribution in [0, 0.1) is 17.1 Å². The van der Waals surface area contributed by atoms with E-state index >= 15 is 4.39 Å². The Labute approximate surface area is 283 Å². The molecule has 1 aromatic heterocycles. The Morgan fingerprint density at radius 2 is 1.75 bits per heavy atom. The molecule has 0 fully saturated rings. The van der Waals surface area contributed by atoms with Crippen LogP contribution in [-0.4, -0.2) is 29.3 Å². The summed E-state index contributed by atoms with van der Waals surface area (Å²) >= 11 is 6.82. The first kappa shape index (κ1) is 33.0. The number of hydrogen-bond donors (Lipinski definition) is 3. The normalized spacial score (nSPS) is 13.5. The van der Waals surface area contributed by atoms with Crippen molar-refractivity contribution in [1.82, 2.24) is 10.3 Å². The zero-order valence-corrected chi connectivity index (χ0v) is 26.9. The second-order valence-electron chi connectivity index (χ2n) is 11.4. The van der Waals surface area contributed by atoms with E-state index in [1.807, 2.05) is 36.4 Å². The van der Waals surface area contributed by atoms with Crippen LogP contribution in [0.3, 0.4) is 0 Å². The molecule has 0 bridgehead atoms. The van der Waals surface area contributed by atoms with Gasteiger partial charge in [-0.15, -0.1) is 0 Å². The fourth-order valence-electron chi connectivity index (χ4n) is 5.90. The van der Waals surface area contributed by atoms with E-state index in [2.05, 4.69) is 16.4 Å². The van der Waals surface area contributed by atoms with E-state index in [1.54, 1.807) is 48.7 Å². The molecule has 4 aromatic carbocycles. The summed E-state index contributed by atoms with van der Waals surface area (Å²) < 4.78 is 33.3. The fourth-order valence-corrected chi connectivity index (χ4v) is 6.13. The molecule has 0 aliphatic heterocycles. The van der Waals surface area contributed by atoms with Crippen LogP contribution < -0.4 is 25.0 Å². The smallest absolute Gasteiger partial charge is 0.488 e. The molecule has 0 spiro atoms. The largest absolute Gasteiger partial charge is 0.494 e. The first-order chi connectivity index (χ1) is 23.3. The molecule has 0 radical (unpaired) electrons. The number of ether oxygens (including phenoxy) is 3. The van der Waals surface area contributed by atoms with Gasteiger partial charge in [-0.3, -0.25) is 4.98 Å². The van der Waals surface area contributed by atoms with E-state index in [0.717, 1.165) is 33.4 Å². The Kier molecular flexibility index (Phi) is 10.2. The zero-order valence-electron chi connectivity index (χ0n) is 26.1. The van der Waals surface area contributed by atoms with Crippen molar-refractivity contribution < 1.29 is 28.6 Å². The monoisotopic (exact) mass is 663 g/mol. The molecule has 242 valence electrons. The van der Waals surface area contributed by atoms with E-state index in [4.69, 9.17) is 25.8 Å². The van der Waals surface area contributed by atoms with E-state index in [0.29, 0.717) is 59.0 Å². The molecule has 1 aliphatic rings. The van der Waals surface area contributed by atoms with Gasteiger partial charge in [0.05, 0.1) is 17.7 Å². The van der Waals surface area contributed by atoms with Crippen LogP contribution >= 0.6 is 11.6 Å². The number of pyridine rings is 1. The van der Waals surface area contributed by atoms with Gasteiger partial charge in [-0.1, -0.05) is 66.2 Å². The molecule has 0 amide bonds. The van der Waals surface area contributed by atoms with Crippen LogP contribution in [0.5, 0.6) is 17.2 Å². The maximum Gasteiger partial charge on any atom is 0.488 e. The van der Waals surface area contributed by atoms with Gasteiger partial charge in [0, 0.05) is 48.2 Å². The number of nitrogens with one attached hydrogen (secondary N) is 1. The van der Waals surface area contributed by atoms with Crippen molar-refractivity contribution in [3.8, 4) is 34.4 Å². The van der Waals surface area contributed by atoms with Crippen LogP contribution in [-0.2, 0) is 26.1 Å². The molecule has 6 rings (SSSR count). The number of aromatic nitrogens is 1. The summed E-state index contributed by atoms with van der Waals surface area (Å²) in [6.45, 7) is 1.10. The van der Waals surface area contributed by atoms with Crippen molar-refractivity contribution in [3.63, 3.8) is 0 Å². The average molecular weight is 664 g/mol. The highest BCUT2D eigenvalue weighted by Gasteiger charge is 2.29. The highest BCUT2D eigenvalue weighted by atomic mass is 35.5. The van der Waals surface area contributed by atoms with E-state index in [-0.39, 0.29) is 18.5 Å². The van der Waals surface area contributed by atoms with Crippen LogP contribution in [0.15, 0.2) is 91.3 Å². The van der Waals surface area contributed by atoms with E-state index in [9.17, 15) is 15.3 Å². The Balaban J connectivity index is 1.25. The maximum absolute atomic E-state index is 15.2.